The van der Waals surface area contributed by atoms with Crippen LogP contribution in [0, 0.1) is 0 Å². The van der Waals surface area contributed by atoms with Crippen LogP contribution in [0.1, 0.15) is 21.5 Å². The van der Waals surface area contributed by atoms with E-state index >= 15 is 0 Å². The summed E-state index contributed by atoms with van der Waals surface area (Å²) in [7, 11) is 0. The highest BCUT2D eigenvalue weighted by Crippen LogP contribution is 2.36. The summed E-state index contributed by atoms with van der Waals surface area (Å²) in [5, 5.41) is 11.9. The third kappa shape index (κ3) is 5.10. The number of hydrogen-bond acceptors (Lipinski definition) is 6. The average Bonchev–Trinajstić information content (AvgIpc) is 2.88. The van der Waals surface area contributed by atoms with Crippen molar-refractivity contribution in [3.05, 3.63) is 70.2 Å². The van der Waals surface area contributed by atoms with E-state index in [1.165, 1.54) is 12.1 Å². The van der Waals surface area contributed by atoms with Gasteiger partial charge < -0.3 is 19.9 Å². The lowest BCUT2D eigenvalue weighted by Crippen LogP contribution is -2.40. The van der Waals surface area contributed by atoms with Crippen LogP contribution in [0.15, 0.2) is 48.5 Å². The molecule has 0 bridgehead atoms. The smallest absolute Gasteiger partial charge is 0.378 e. The number of morpholine rings is 1. The Morgan fingerprint density at radius 3 is 2.50 bits per heavy atom. The molecule has 1 aromatic heterocycles. The molecule has 7 nitrogen and oxygen atoms in total. The fourth-order valence-electron chi connectivity index (χ4n) is 4.39. The number of benzene rings is 2. The van der Waals surface area contributed by atoms with Crippen LogP contribution >= 0.6 is 11.6 Å². The Morgan fingerprint density at radius 1 is 1.03 bits per heavy atom. The Balaban J connectivity index is 1.40. The van der Waals surface area contributed by atoms with Gasteiger partial charge in [0.05, 0.1) is 30.2 Å². The number of rotatable bonds is 4. The van der Waals surface area contributed by atoms with Gasteiger partial charge in [-0.2, -0.15) is 13.2 Å². The van der Waals surface area contributed by atoms with Crippen molar-refractivity contribution in [2.75, 3.05) is 49.6 Å². The lowest BCUT2D eigenvalue weighted by atomic mass is 10.0. The minimum Gasteiger partial charge on any atom is -0.378 e. The quantitative estimate of drug-likeness (QED) is 0.540. The van der Waals surface area contributed by atoms with Crippen molar-refractivity contribution in [2.45, 2.75) is 12.7 Å². The molecule has 0 saturated carbocycles. The molecule has 5 rings (SSSR count). The second-order valence-corrected chi connectivity index (χ2v) is 9.03. The van der Waals surface area contributed by atoms with E-state index in [0.29, 0.717) is 62.2 Å². The van der Waals surface area contributed by atoms with Gasteiger partial charge in [-0.15, -0.1) is 10.2 Å². The monoisotopic (exact) mass is 517 g/mol. The highest BCUT2D eigenvalue weighted by atomic mass is 35.5. The first kappa shape index (κ1) is 24.3. The highest BCUT2D eigenvalue weighted by Gasteiger charge is 2.34. The van der Waals surface area contributed by atoms with E-state index in [-0.39, 0.29) is 23.0 Å². The summed E-state index contributed by atoms with van der Waals surface area (Å²) >= 11 is 6.02. The molecule has 1 amide bonds. The maximum absolute atomic E-state index is 13.6. The Labute approximate surface area is 210 Å². The van der Waals surface area contributed by atoms with Crippen LogP contribution in [0.4, 0.5) is 24.7 Å². The molecule has 2 aliphatic heterocycles. The molecule has 0 aliphatic carbocycles. The maximum atomic E-state index is 13.6. The Hall–Kier alpha value is -3.37. The predicted octanol–water partition coefficient (Wildman–Crippen LogP) is 4.72. The fraction of sp³-hybridized carbons (Fsp3) is 0.320. The molecule has 3 heterocycles. The topological polar surface area (TPSA) is 70.6 Å². The zero-order valence-electron chi connectivity index (χ0n) is 19.2. The minimum atomic E-state index is -4.49. The molecule has 0 unspecified atom stereocenters. The van der Waals surface area contributed by atoms with Gasteiger partial charge in [0.15, 0.2) is 5.82 Å². The molecule has 11 heteroatoms. The molecule has 2 aromatic carbocycles. The zero-order valence-corrected chi connectivity index (χ0v) is 19.9. The largest absolute Gasteiger partial charge is 0.416 e. The number of nitrogens with zero attached hydrogens (tertiary/aromatic N) is 4. The molecule has 188 valence electrons. The van der Waals surface area contributed by atoms with E-state index in [2.05, 4.69) is 15.5 Å². The summed E-state index contributed by atoms with van der Waals surface area (Å²) < 4.78 is 46.1. The zero-order chi connectivity index (χ0) is 25.3. The van der Waals surface area contributed by atoms with E-state index < -0.39 is 11.7 Å². The number of carbonyl (C=O) groups is 1. The molecule has 0 radical (unpaired) electrons. The van der Waals surface area contributed by atoms with Gasteiger partial charge >= 0.3 is 6.18 Å². The summed E-state index contributed by atoms with van der Waals surface area (Å²) in [5.74, 6) is 0.443. The van der Waals surface area contributed by atoms with Crippen LogP contribution in [0.3, 0.4) is 0 Å². The van der Waals surface area contributed by atoms with Gasteiger partial charge in [0.2, 0.25) is 0 Å². The van der Waals surface area contributed by atoms with Crippen molar-refractivity contribution in [1.29, 1.82) is 0 Å². The van der Waals surface area contributed by atoms with Gasteiger partial charge in [-0.05, 0) is 42.0 Å². The fourth-order valence-corrected chi connectivity index (χ4v) is 4.59. The number of carbonyl (C=O) groups excluding carboxylic acids is 1. The second-order valence-electron chi connectivity index (χ2n) is 8.59. The molecule has 0 atom stereocenters. The number of nitrogens with one attached hydrogen (secondary N) is 1. The lowest BCUT2D eigenvalue weighted by molar-refractivity contribution is -0.138. The third-order valence-corrected chi connectivity index (χ3v) is 6.48. The van der Waals surface area contributed by atoms with E-state index in [1.54, 1.807) is 35.2 Å². The average molecular weight is 518 g/mol. The van der Waals surface area contributed by atoms with Crippen molar-refractivity contribution >= 4 is 29.0 Å². The number of anilines is 2. The molecule has 1 N–H and O–H groups in total. The van der Waals surface area contributed by atoms with Gasteiger partial charge in [-0.3, -0.25) is 4.79 Å². The maximum Gasteiger partial charge on any atom is 0.416 e. The number of halogens is 4. The Bertz CT molecular complexity index is 1260. The van der Waals surface area contributed by atoms with Crippen LogP contribution < -0.4 is 10.2 Å². The molecule has 1 saturated heterocycles. The van der Waals surface area contributed by atoms with E-state index in [1.807, 2.05) is 4.90 Å². The summed E-state index contributed by atoms with van der Waals surface area (Å²) in [6.45, 7) is 3.18. The first-order valence-electron chi connectivity index (χ1n) is 11.5. The standard InChI is InChI=1S/C25H23ClF3N5O2/c26-19-5-6-20(25(27,28)29)18(13-19)15-34-8-7-30-23-22(34)14-21(31-32-23)16-1-3-17(4-2-16)24(35)33-9-11-36-12-10-33/h1-6,13-14H,7-12,15H2,(H,30,32). The van der Waals surface area contributed by atoms with Gasteiger partial charge in [-0.1, -0.05) is 23.7 Å². The Kier molecular flexibility index (Phi) is 6.72. The Morgan fingerprint density at radius 2 is 1.78 bits per heavy atom. The van der Waals surface area contributed by atoms with Crippen molar-refractivity contribution in [3.63, 3.8) is 0 Å². The van der Waals surface area contributed by atoms with Crippen molar-refractivity contribution in [2.24, 2.45) is 0 Å². The van der Waals surface area contributed by atoms with Crippen LogP contribution in [-0.2, 0) is 17.5 Å². The third-order valence-electron chi connectivity index (χ3n) is 6.25. The number of alkyl halides is 3. The SMILES string of the molecule is O=C(c1ccc(-c2cc3c(nn2)NCCN3Cc2cc(Cl)ccc2C(F)(F)F)cc1)N1CCOCC1. The first-order valence-corrected chi connectivity index (χ1v) is 11.9. The lowest BCUT2D eigenvalue weighted by Gasteiger charge is -2.32. The normalized spacial score (nSPS) is 15.9. The predicted molar refractivity (Wildman–Crippen MR) is 130 cm³/mol. The molecule has 0 spiro atoms. The molecule has 36 heavy (non-hydrogen) atoms. The first-order chi connectivity index (χ1) is 17.3. The molecular weight excluding hydrogens is 495 g/mol. The summed E-state index contributed by atoms with van der Waals surface area (Å²) in [4.78, 5) is 16.3. The number of hydrogen-bond donors (Lipinski definition) is 1. The summed E-state index contributed by atoms with van der Waals surface area (Å²) in [5.41, 5.74) is 1.88. The number of amides is 1. The van der Waals surface area contributed by atoms with E-state index in [9.17, 15) is 18.0 Å². The number of aromatic nitrogens is 2. The van der Waals surface area contributed by atoms with E-state index in [4.69, 9.17) is 16.3 Å². The second kappa shape index (κ2) is 9.94. The van der Waals surface area contributed by atoms with Crippen LogP contribution in [0.5, 0.6) is 0 Å². The van der Waals surface area contributed by atoms with Gasteiger partial charge in [0.1, 0.15) is 0 Å². The van der Waals surface area contributed by atoms with Crippen molar-refractivity contribution < 1.29 is 22.7 Å². The van der Waals surface area contributed by atoms with Gasteiger partial charge in [0.25, 0.3) is 5.91 Å². The number of fused-ring (bicyclic) bond motifs is 1. The summed E-state index contributed by atoms with van der Waals surface area (Å²) in [6.07, 6.45) is -4.49. The van der Waals surface area contributed by atoms with Crippen LogP contribution in [0.25, 0.3) is 11.3 Å². The molecule has 2 aliphatic rings. The molecule has 3 aromatic rings. The van der Waals surface area contributed by atoms with Gasteiger partial charge in [0, 0.05) is 48.9 Å². The minimum absolute atomic E-state index is 0.0161. The van der Waals surface area contributed by atoms with Crippen LogP contribution in [-0.4, -0.2) is 60.4 Å². The molecule has 1 fully saturated rings. The molecular formula is C25H23ClF3N5O2. The van der Waals surface area contributed by atoms with E-state index in [0.717, 1.165) is 11.6 Å². The van der Waals surface area contributed by atoms with Crippen LogP contribution in [0.2, 0.25) is 5.02 Å². The summed E-state index contributed by atoms with van der Waals surface area (Å²) in [6, 6.07) is 12.5. The van der Waals surface area contributed by atoms with Crippen molar-refractivity contribution in [3.8, 4) is 11.3 Å². The van der Waals surface area contributed by atoms with Gasteiger partial charge in [-0.25, -0.2) is 0 Å². The number of ether oxygens (including phenoxy) is 1. The van der Waals surface area contributed by atoms with Crippen molar-refractivity contribution in [1.82, 2.24) is 15.1 Å². The highest BCUT2D eigenvalue weighted by molar-refractivity contribution is 6.30.